The van der Waals surface area contributed by atoms with Crippen LogP contribution in [-0.4, -0.2) is 26.3 Å². The Bertz CT molecular complexity index is 525. The SMILES string of the molecule is FC(F)(F)c1cc2c(cc1CC1CCNCC1)OCCCO2. The van der Waals surface area contributed by atoms with Gasteiger partial charge in [0.1, 0.15) is 0 Å². The van der Waals surface area contributed by atoms with E-state index in [2.05, 4.69) is 5.32 Å². The molecule has 2 aliphatic heterocycles. The smallest absolute Gasteiger partial charge is 0.416 e. The van der Waals surface area contributed by atoms with Crippen LogP contribution in [0, 0.1) is 5.92 Å². The third kappa shape index (κ3) is 3.48. The Morgan fingerprint density at radius 2 is 1.68 bits per heavy atom. The van der Waals surface area contributed by atoms with Crippen molar-refractivity contribution in [3.63, 3.8) is 0 Å². The summed E-state index contributed by atoms with van der Waals surface area (Å²) in [4.78, 5) is 0. The van der Waals surface area contributed by atoms with Crippen LogP contribution < -0.4 is 14.8 Å². The van der Waals surface area contributed by atoms with Gasteiger partial charge in [-0.3, -0.25) is 0 Å². The normalized spacial score (nSPS) is 19.8. The Balaban J connectivity index is 1.93. The highest BCUT2D eigenvalue weighted by Crippen LogP contribution is 2.41. The second-order valence-corrected chi connectivity index (χ2v) is 5.90. The van der Waals surface area contributed by atoms with Gasteiger partial charge in [0.05, 0.1) is 18.8 Å². The number of hydrogen-bond donors (Lipinski definition) is 1. The molecule has 1 fully saturated rings. The molecule has 122 valence electrons. The van der Waals surface area contributed by atoms with E-state index < -0.39 is 11.7 Å². The fraction of sp³-hybridized carbons (Fsp3) is 0.625. The quantitative estimate of drug-likeness (QED) is 0.907. The molecule has 0 saturated carbocycles. The lowest BCUT2D eigenvalue weighted by atomic mass is 9.88. The third-order valence-electron chi connectivity index (χ3n) is 4.25. The molecule has 1 aromatic rings. The zero-order valence-corrected chi connectivity index (χ0v) is 12.3. The maximum absolute atomic E-state index is 13.4. The number of halogens is 3. The summed E-state index contributed by atoms with van der Waals surface area (Å²) in [5.41, 5.74) is -0.265. The summed E-state index contributed by atoms with van der Waals surface area (Å²) in [5, 5.41) is 3.24. The highest BCUT2D eigenvalue weighted by Gasteiger charge is 2.35. The molecule has 1 N–H and O–H groups in total. The van der Waals surface area contributed by atoms with Crippen molar-refractivity contribution in [1.29, 1.82) is 0 Å². The number of fused-ring (bicyclic) bond motifs is 1. The first-order valence-electron chi connectivity index (χ1n) is 7.74. The van der Waals surface area contributed by atoms with Gasteiger partial charge in [-0.05, 0) is 56.0 Å². The summed E-state index contributed by atoms with van der Waals surface area (Å²) < 4.78 is 51.0. The van der Waals surface area contributed by atoms with Crippen LogP contribution in [0.3, 0.4) is 0 Å². The summed E-state index contributed by atoms with van der Waals surface area (Å²) in [6.45, 7) is 2.61. The van der Waals surface area contributed by atoms with E-state index in [0.717, 1.165) is 32.0 Å². The molecule has 0 amide bonds. The van der Waals surface area contributed by atoms with E-state index >= 15 is 0 Å². The number of ether oxygens (including phenoxy) is 2. The van der Waals surface area contributed by atoms with E-state index in [4.69, 9.17) is 9.47 Å². The largest absolute Gasteiger partial charge is 0.490 e. The van der Waals surface area contributed by atoms with E-state index in [-0.39, 0.29) is 11.7 Å². The van der Waals surface area contributed by atoms with Crippen molar-refractivity contribution in [3.05, 3.63) is 23.3 Å². The minimum Gasteiger partial charge on any atom is -0.490 e. The van der Waals surface area contributed by atoms with Crippen molar-refractivity contribution in [1.82, 2.24) is 5.32 Å². The van der Waals surface area contributed by atoms with Crippen LogP contribution in [0.5, 0.6) is 11.5 Å². The van der Waals surface area contributed by atoms with Gasteiger partial charge in [-0.15, -0.1) is 0 Å². The first kappa shape index (κ1) is 15.5. The van der Waals surface area contributed by atoms with Gasteiger partial charge in [0.25, 0.3) is 0 Å². The lowest BCUT2D eigenvalue weighted by Gasteiger charge is -2.24. The van der Waals surface area contributed by atoms with Gasteiger partial charge in [0, 0.05) is 6.42 Å². The van der Waals surface area contributed by atoms with Gasteiger partial charge < -0.3 is 14.8 Å². The summed E-state index contributed by atoms with van der Waals surface area (Å²) in [5.74, 6) is 0.931. The van der Waals surface area contributed by atoms with Crippen molar-refractivity contribution >= 4 is 0 Å². The Kier molecular flexibility index (Phi) is 4.47. The highest BCUT2D eigenvalue weighted by atomic mass is 19.4. The van der Waals surface area contributed by atoms with E-state index in [1.807, 2.05) is 0 Å². The van der Waals surface area contributed by atoms with Crippen molar-refractivity contribution in [2.45, 2.75) is 31.9 Å². The minimum absolute atomic E-state index is 0.207. The van der Waals surface area contributed by atoms with E-state index in [1.165, 1.54) is 6.07 Å². The lowest BCUT2D eigenvalue weighted by Crippen LogP contribution is -2.29. The van der Waals surface area contributed by atoms with E-state index in [0.29, 0.717) is 37.4 Å². The van der Waals surface area contributed by atoms with Crippen molar-refractivity contribution in [2.75, 3.05) is 26.3 Å². The molecule has 0 aromatic heterocycles. The van der Waals surface area contributed by atoms with Gasteiger partial charge in [-0.25, -0.2) is 0 Å². The van der Waals surface area contributed by atoms with E-state index in [9.17, 15) is 13.2 Å². The number of hydrogen-bond acceptors (Lipinski definition) is 3. The molecule has 6 heteroatoms. The Hall–Kier alpha value is -1.43. The molecular weight excluding hydrogens is 295 g/mol. The van der Waals surface area contributed by atoms with Crippen molar-refractivity contribution < 1.29 is 22.6 Å². The number of piperidine rings is 1. The third-order valence-corrected chi connectivity index (χ3v) is 4.25. The Morgan fingerprint density at radius 1 is 1.05 bits per heavy atom. The van der Waals surface area contributed by atoms with Gasteiger partial charge in [-0.2, -0.15) is 13.2 Å². The standard InChI is InChI=1S/C16H20F3NO2/c17-16(18,19)13-10-15-14(21-6-1-7-22-15)9-12(13)8-11-2-4-20-5-3-11/h9-11,20H,1-8H2. The minimum atomic E-state index is -4.37. The van der Waals surface area contributed by atoms with E-state index in [1.54, 1.807) is 0 Å². The summed E-state index contributed by atoms with van der Waals surface area (Å²) in [6.07, 6.45) is -1.43. The van der Waals surface area contributed by atoms with Crippen LogP contribution >= 0.6 is 0 Å². The topological polar surface area (TPSA) is 30.5 Å². The monoisotopic (exact) mass is 315 g/mol. The highest BCUT2D eigenvalue weighted by molar-refractivity contribution is 5.49. The fourth-order valence-corrected chi connectivity index (χ4v) is 3.08. The van der Waals surface area contributed by atoms with Crippen LogP contribution in [-0.2, 0) is 12.6 Å². The van der Waals surface area contributed by atoms with Crippen LogP contribution in [0.2, 0.25) is 0 Å². The van der Waals surface area contributed by atoms with Crippen molar-refractivity contribution in [3.8, 4) is 11.5 Å². The maximum atomic E-state index is 13.4. The molecule has 22 heavy (non-hydrogen) atoms. The summed E-state index contributed by atoms with van der Waals surface area (Å²) in [6, 6.07) is 2.64. The Morgan fingerprint density at radius 3 is 2.32 bits per heavy atom. The van der Waals surface area contributed by atoms with Crippen LogP contribution in [0.4, 0.5) is 13.2 Å². The molecule has 3 rings (SSSR count). The van der Waals surface area contributed by atoms with Gasteiger partial charge in [0.15, 0.2) is 11.5 Å². The number of nitrogens with one attached hydrogen (secondary N) is 1. The average molecular weight is 315 g/mol. The molecule has 0 spiro atoms. The molecule has 0 unspecified atom stereocenters. The van der Waals surface area contributed by atoms with Crippen LogP contribution in [0.15, 0.2) is 12.1 Å². The molecule has 0 radical (unpaired) electrons. The summed E-state index contributed by atoms with van der Waals surface area (Å²) in [7, 11) is 0. The molecule has 2 aliphatic rings. The van der Waals surface area contributed by atoms with Gasteiger partial charge in [0.2, 0.25) is 0 Å². The maximum Gasteiger partial charge on any atom is 0.416 e. The second-order valence-electron chi connectivity index (χ2n) is 5.90. The first-order chi connectivity index (χ1) is 10.5. The number of benzene rings is 1. The molecular formula is C16H20F3NO2. The first-order valence-corrected chi connectivity index (χ1v) is 7.74. The fourth-order valence-electron chi connectivity index (χ4n) is 3.08. The zero-order chi connectivity index (χ0) is 15.6. The number of alkyl halides is 3. The predicted molar refractivity (Wildman–Crippen MR) is 76.3 cm³/mol. The Labute approximate surface area is 127 Å². The molecule has 1 saturated heterocycles. The lowest BCUT2D eigenvalue weighted by molar-refractivity contribution is -0.138. The molecule has 2 heterocycles. The predicted octanol–water partition coefficient (Wildman–Crippen LogP) is 3.41. The summed E-state index contributed by atoms with van der Waals surface area (Å²) >= 11 is 0. The molecule has 1 aromatic carbocycles. The molecule has 0 aliphatic carbocycles. The van der Waals surface area contributed by atoms with Gasteiger partial charge in [-0.1, -0.05) is 0 Å². The molecule has 0 atom stereocenters. The molecule has 3 nitrogen and oxygen atoms in total. The second kappa shape index (κ2) is 6.36. The average Bonchev–Trinajstić information content (AvgIpc) is 2.71. The van der Waals surface area contributed by atoms with Crippen LogP contribution in [0.1, 0.15) is 30.4 Å². The zero-order valence-electron chi connectivity index (χ0n) is 12.3. The molecule has 0 bridgehead atoms. The van der Waals surface area contributed by atoms with Gasteiger partial charge >= 0.3 is 6.18 Å². The van der Waals surface area contributed by atoms with Crippen LogP contribution in [0.25, 0.3) is 0 Å². The number of rotatable bonds is 2. The van der Waals surface area contributed by atoms with Crippen molar-refractivity contribution in [2.24, 2.45) is 5.92 Å².